The number of rotatable bonds is 3. The van der Waals surface area contributed by atoms with Crippen molar-refractivity contribution in [1.29, 1.82) is 0 Å². The zero-order chi connectivity index (χ0) is 19.0. The Labute approximate surface area is 160 Å². The molecule has 1 unspecified atom stereocenters. The second kappa shape index (κ2) is 7.31. The first-order chi connectivity index (χ1) is 13.1. The molecule has 4 rings (SSSR count). The van der Waals surface area contributed by atoms with E-state index in [-0.39, 0.29) is 11.9 Å². The van der Waals surface area contributed by atoms with Crippen molar-refractivity contribution in [2.75, 3.05) is 44.7 Å². The minimum Gasteiger partial charge on any atom is -0.348 e. The fraction of sp³-hybridized carbons (Fsp3) is 0.550. The molecule has 4 heterocycles. The summed E-state index contributed by atoms with van der Waals surface area (Å²) < 4.78 is 2.25. The molecule has 1 atom stereocenters. The van der Waals surface area contributed by atoms with Crippen LogP contribution in [-0.2, 0) is 6.54 Å². The third-order valence-electron chi connectivity index (χ3n) is 5.79. The van der Waals surface area contributed by atoms with Crippen LogP contribution in [0.3, 0.4) is 0 Å². The number of hydrogen-bond donors (Lipinski definition) is 0. The van der Waals surface area contributed by atoms with E-state index < -0.39 is 0 Å². The van der Waals surface area contributed by atoms with Crippen LogP contribution in [0.25, 0.3) is 0 Å². The lowest BCUT2D eigenvalue weighted by atomic mass is 10.0. The Morgan fingerprint density at radius 3 is 2.67 bits per heavy atom. The van der Waals surface area contributed by atoms with Gasteiger partial charge in [0.15, 0.2) is 0 Å². The van der Waals surface area contributed by atoms with Crippen LogP contribution in [0.1, 0.15) is 41.1 Å². The summed E-state index contributed by atoms with van der Waals surface area (Å²) in [6.07, 6.45) is 4.72. The van der Waals surface area contributed by atoms with E-state index in [4.69, 9.17) is 0 Å². The summed E-state index contributed by atoms with van der Waals surface area (Å²) in [4.78, 5) is 29.0. The van der Waals surface area contributed by atoms with Crippen LogP contribution in [0.5, 0.6) is 0 Å². The quantitative estimate of drug-likeness (QED) is 0.829. The minimum absolute atomic E-state index is 0.0386. The molecular formula is C20H28N6O. The summed E-state index contributed by atoms with van der Waals surface area (Å²) in [5.74, 6) is 0.772. The molecule has 7 nitrogen and oxygen atoms in total. The highest BCUT2D eigenvalue weighted by molar-refractivity contribution is 5.95. The molecule has 2 aromatic rings. The van der Waals surface area contributed by atoms with Gasteiger partial charge in [-0.1, -0.05) is 6.92 Å². The van der Waals surface area contributed by atoms with E-state index in [1.807, 2.05) is 11.8 Å². The van der Waals surface area contributed by atoms with Crippen LogP contribution in [0, 0.1) is 6.92 Å². The van der Waals surface area contributed by atoms with Crippen molar-refractivity contribution in [1.82, 2.24) is 24.3 Å². The average Bonchev–Trinajstić information content (AvgIpc) is 3.16. The Bertz CT molecular complexity index is 824. The van der Waals surface area contributed by atoms with Gasteiger partial charge in [-0.05, 0) is 32.5 Å². The van der Waals surface area contributed by atoms with Crippen molar-refractivity contribution in [2.24, 2.45) is 0 Å². The smallest absolute Gasteiger partial charge is 0.257 e. The first-order valence-corrected chi connectivity index (χ1v) is 9.81. The highest BCUT2D eigenvalue weighted by Gasteiger charge is 2.31. The number of anilines is 1. The van der Waals surface area contributed by atoms with Gasteiger partial charge < -0.3 is 19.3 Å². The van der Waals surface area contributed by atoms with Crippen LogP contribution in [-0.4, -0.2) is 70.0 Å². The third-order valence-corrected chi connectivity index (χ3v) is 5.79. The molecular weight excluding hydrogens is 340 g/mol. The molecule has 1 fully saturated rings. The Kier molecular flexibility index (Phi) is 4.86. The molecule has 1 amide bonds. The van der Waals surface area contributed by atoms with E-state index in [0.717, 1.165) is 57.3 Å². The van der Waals surface area contributed by atoms with Gasteiger partial charge in [-0.25, -0.2) is 9.97 Å². The van der Waals surface area contributed by atoms with E-state index in [2.05, 4.69) is 56.6 Å². The van der Waals surface area contributed by atoms with Crippen molar-refractivity contribution in [3.05, 3.63) is 41.5 Å². The molecule has 0 spiro atoms. The largest absolute Gasteiger partial charge is 0.348 e. The second-order valence-electron chi connectivity index (χ2n) is 7.51. The van der Waals surface area contributed by atoms with Crippen LogP contribution in [0.15, 0.2) is 24.5 Å². The molecule has 0 radical (unpaired) electrons. The highest BCUT2D eigenvalue weighted by atomic mass is 16.2. The first-order valence-electron chi connectivity index (χ1n) is 9.81. The highest BCUT2D eigenvalue weighted by Crippen LogP contribution is 2.30. The van der Waals surface area contributed by atoms with E-state index in [1.54, 1.807) is 6.20 Å². The number of aromatic nitrogens is 3. The predicted molar refractivity (Wildman–Crippen MR) is 105 cm³/mol. The number of carbonyl (C=O) groups excluding carboxylic acids is 1. The Balaban J connectivity index is 1.55. The summed E-state index contributed by atoms with van der Waals surface area (Å²) in [5.41, 5.74) is 2.59. The maximum Gasteiger partial charge on any atom is 0.257 e. The normalized spacial score (nSPS) is 20.6. The maximum absolute atomic E-state index is 13.3. The number of carbonyl (C=O) groups is 1. The number of fused-ring (bicyclic) bond motifs is 1. The standard InChI is InChI=1S/C20H28N6O/c1-4-17-18-6-5-7-24(18)12-13-26(17)19(27)16-14-21-20(22-15(16)2)25-10-8-23(3)9-11-25/h5-7,14,17H,4,8-13H2,1-3H3. The van der Waals surface area contributed by atoms with Gasteiger partial charge in [0, 0.05) is 57.4 Å². The lowest BCUT2D eigenvalue weighted by Crippen LogP contribution is -2.45. The van der Waals surface area contributed by atoms with Gasteiger partial charge in [-0.15, -0.1) is 0 Å². The zero-order valence-electron chi connectivity index (χ0n) is 16.4. The lowest BCUT2D eigenvalue weighted by Gasteiger charge is -2.37. The van der Waals surface area contributed by atoms with Gasteiger partial charge in [-0.3, -0.25) is 4.79 Å². The zero-order valence-corrected chi connectivity index (χ0v) is 16.4. The summed E-state index contributed by atoms with van der Waals surface area (Å²) >= 11 is 0. The molecule has 0 bridgehead atoms. The summed E-state index contributed by atoms with van der Waals surface area (Å²) in [6, 6.07) is 4.29. The number of nitrogens with zero attached hydrogens (tertiary/aromatic N) is 6. The van der Waals surface area contributed by atoms with Crippen molar-refractivity contribution in [3.8, 4) is 0 Å². The summed E-state index contributed by atoms with van der Waals surface area (Å²) in [7, 11) is 2.13. The topological polar surface area (TPSA) is 57.5 Å². The Morgan fingerprint density at radius 1 is 1.19 bits per heavy atom. The SMILES string of the molecule is CCC1c2cccn2CCN1C(=O)c1cnc(N2CCN(C)CC2)nc1C. The molecule has 0 aliphatic carbocycles. The average molecular weight is 368 g/mol. The summed E-state index contributed by atoms with van der Waals surface area (Å²) in [5, 5.41) is 0. The molecule has 7 heteroatoms. The maximum atomic E-state index is 13.3. The van der Waals surface area contributed by atoms with Crippen molar-refractivity contribution >= 4 is 11.9 Å². The Hall–Kier alpha value is -2.41. The fourth-order valence-corrected chi connectivity index (χ4v) is 4.12. The fourth-order valence-electron chi connectivity index (χ4n) is 4.12. The van der Waals surface area contributed by atoms with Crippen molar-refractivity contribution in [3.63, 3.8) is 0 Å². The molecule has 27 heavy (non-hydrogen) atoms. The van der Waals surface area contributed by atoms with Crippen LogP contribution >= 0.6 is 0 Å². The van der Waals surface area contributed by atoms with Crippen LogP contribution in [0.4, 0.5) is 5.95 Å². The number of amides is 1. The van der Waals surface area contributed by atoms with E-state index >= 15 is 0 Å². The van der Waals surface area contributed by atoms with Gasteiger partial charge in [0.2, 0.25) is 5.95 Å². The molecule has 2 aliphatic heterocycles. The van der Waals surface area contributed by atoms with E-state index in [1.165, 1.54) is 5.69 Å². The Morgan fingerprint density at radius 2 is 1.96 bits per heavy atom. The number of aryl methyl sites for hydroxylation is 1. The van der Waals surface area contributed by atoms with Crippen LogP contribution in [0.2, 0.25) is 0 Å². The molecule has 0 N–H and O–H groups in total. The molecule has 2 aliphatic rings. The van der Waals surface area contributed by atoms with E-state index in [0.29, 0.717) is 5.56 Å². The van der Waals surface area contributed by atoms with Crippen molar-refractivity contribution < 1.29 is 4.79 Å². The number of piperazine rings is 1. The number of hydrogen-bond acceptors (Lipinski definition) is 5. The molecule has 0 aromatic carbocycles. The van der Waals surface area contributed by atoms with E-state index in [9.17, 15) is 4.79 Å². The van der Waals surface area contributed by atoms with Gasteiger partial charge in [0.1, 0.15) is 0 Å². The summed E-state index contributed by atoms with van der Waals surface area (Å²) in [6.45, 7) is 9.47. The van der Waals surface area contributed by atoms with Gasteiger partial charge >= 0.3 is 0 Å². The minimum atomic E-state index is 0.0386. The first kappa shape index (κ1) is 18.0. The molecule has 0 saturated carbocycles. The van der Waals surface area contributed by atoms with Gasteiger partial charge in [0.05, 0.1) is 17.3 Å². The lowest BCUT2D eigenvalue weighted by molar-refractivity contribution is 0.0616. The predicted octanol–water partition coefficient (Wildman–Crippen LogP) is 1.95. The molecule has 144 valence electrons. The van der Waals surface area contributed by atoms with Gasteiger partial charge in [-0.2, -0.15) is 0 Å². The molecule has 2 aromatic heterocycles. The second-order valence-corrected chi connectivity index (χ2v) is 7.51. The third kappa shape index (κ3) is 3.32. The number of likely N-dealkylation sites (N-methyl/N-ethyl adjacent to an activating group) is 1. The van der Waals surface area contributed by atoms with Gasteiger partial charge in [0.25, 0.3) is 5.91 Å². The monoisotopic (exact) mass is 368 g/mol. The van der Waals surface area contributed by atoms with Crippen LogP contribution < -0.4 is 4.90 Å². The molecule has 1 saturated heterocycles. The van der Waals surface area contributed by atoms with Crippen molar-refractivity contribution in [2.45, 2.75) is 32.9 Å².